The fourth-order valence-electron chi connectivity index (χ4n) is 7.36. The lowest BCUT2D eigenvalue weighted by Gasteiger charge is -2.45. The summed E-state index contributed by atoms with van der Waals surface area (Å²) < 4.78 is 82.0. The molecule has 0 aliphatic heterocycles. The Balaban J connectivity index is 2.93. The molecule has 0 heterocycles. The van der Waals surface area contributed by atoms with Gasteiger partial charge in [0.1, 0.15) is 43.2 Å². The van der Waals surface area contributed by atoms with Crippen molar-refractivity contribution in [3.05, 3.63) is 0 Å². The molecule has 0 aromatic heterocycles. The van der Waals surface area contributed by atoms with E-state index in [2.05, 4.69) is 33.1 Å². The van der Waals surface area contributed by atoms with Gasteiger partial charge in [0.2, 0.25) is 0 Å². The summed E-state index contributed by atoms with van der Waals surface area (Å²) in [6.45, 7) is 0.548. The van der Waals surface area contributed by atoms with Gasteiger partial charge in [-0.15, -0.1) is 0 Å². The smallest absolute Gasteiger partial charge is 0.462 e. The minimum Gasteiger partial charge on any atom is -0.462 e. The second-order valence-electron chi connectivity index (χ2n) is 16.6. The summed E-state index contributed by atoms with van der Waals surface area (Å²) >= 11 is 4.23. The van der Waals surface area contributed by atoms with Gasteiger partial charge in [0.15, 0.2) is 6.10 Å². The van der Waals surface area contributed by atoms with Crippen LogP contribution in [-0.4, -0.2) is 118 Å². The number of thiol groups is 1. The summed E-state index contributed by atoms with van der Waals surface area (Å²) in [5.41, 5.74) is 0. The van der Waals surface area contributed by atoms with Crippen LogP contribution in [-0.2, 0) is 59.9 Å². The molecule has 0 aromatic rings. The third-order valence-electron chi connectivity index (χ3n) is 10.7. The van der Waals surface area contributed by atoms with Crippen molar-refractivity contribution in [2.75, 3.05) is 19.0 Å². The highest BCUT2D eigenvalue weighted by Crippen LogP contribution is 2.53. The number of rotatable bonds is 41. The van der Waals surface area contributed by atoms with E-state index in [1.165, 1.54) is 70.6 Å². The number of unbranched alkanes of at least 4 members (excludes halogenated alkanes) is 22. The van der Waals surface area contributed by atoms with Gasteiger partial charge in [-0.25, -0.2) is 18.3 Å². The van der Waals surface area contributed by atoms with E-state index in [4.69, 9.17) is 18.5 Å². The first-order chi connectivity index (χ1) is 31.0. The predicted octanol–water partition coefficient (Wildman–Crippen LogP) is 7.21. The Bertz CT molecular complexity index is 1470. The first-order valence-corrected chi connectivity index (χ1v) is 29.9. The van der Waals surface area contributed by atoms with Gasteiger partial charge in [-0.2, -0.15) is 12.6 Å². The molecule has 9 N–H and O–H groups in total. The molecule has 1 aliphatic rings. The van der Waals surface area contributed by atoms with Gasteiger partial charge in [0, 0.05) is 12.8 Å². The van der Waals surface area contributed by atoms with E-state index >= 15 is 0 Å². The lowest BCUT2D eigenvalue weighted by atomic mass is 9.85. The average molecular weight is 1050 g/mol. The summed E-state index contributed by atoms with van der Waals surface area (Å²) in [5.74, 6) is -0.494. The maximum absolute atomic E-state index is 13.2. The summed E-state index contributed by atoms with van der Waals surface area (Å²) in [6, 6.07) is 0. The van der Waals surface area contributed by atoms with E-state index in [0.717, 1.165) is 76.4 Å². The zero-order chi connectivity index (χ0) is 49.7. The molecular formula is C39H78O22P4S. The normalized spacial score (nSPS) is 21.9. The number of ether oxygens (including phenoxy) is 2. The van der Waals surface area contributed by atoms with Crippen LogP contribution in [0.15, 0.2) is 0 Å². The Kier molecular flexibility index (Phi) is 33.7. The second kappa shape index (κ2) is 34.9. The fourth-order valence-corrected chi connectivity index (χ4v) is 10.2. The fraction of sp³-hybridized carbons (Fsp3) is 0.949. The van der Waals surface area contributed by atoms with Crippen molar-refractivity contribution in [1.29, 1.82) is 0 Å². The van der Waals surface area contributed by atoms with Crippen LogP contribution < -0.4 is 0 Å². The number of hydrogen-bond donors (Lipinski definition) is 10. The number of carbonyl (C=O) groups is 2. The largest absolute Gasteiger partial charge is 0.472 e. The number of esters is 2. The molecule has 0 aromatic carbocycles. The Morgan fingerprint density at radius 1 is 0.470 bits per heavy atom. The second-order valence-corrected chi connectivity index (χ2v) is 22.1. The highest BCUT2D eigenvalue weighted by atomic mass is 32.1. The molecule has 0 bridgehead atoms. The lowest BCUT2D eigenvalue weighted by Crippen LogP contribution is -2.65. The van der Waals surface area contributed by atoms with Gasteiger partial charge in [0.25, 0.3) is 0 Å². The third kappa shape index (κ3) is 32.5. The van der Waals surface area contributed by atoms with E-state index < -0.39 is 99.2 Å². The molecular weight excluding hydrogens is 976 g/mol. The lowest BCUT2D eigenvalue weighted by molar-refractivity contribution is -0.209. The summed E-state index contributed by atoms with van der Waals surface area (Å²) in [4.78, 5) is 92.6. The Morgan fingerprint density at radius 3 is 1.20 bits per heavy atom. The zero-order valence-electron chi connectivity index (χ0n) is 38.1. The predicted molar refractivity (Wildman–Crippen MR) is 244 cm³/mol. The van der Waals surface area contributed by atoms with Gasteiger partial charge in [-0.05, 0) is 25.0 Å². The first kappa shape index (κ1) is 63.7. The molecule has 22 nitrogen and oxygen atoms in total. The average Bonchev–Trinajstić information content (AvgIpc) is 3.21. The van der Waals surface area contributed by atoms with Crippen LogP contribution in [0, 0.1) is 0 Å². The van der Waals surface area contributed by atoms with Crippen molar-refractivity contribution in [1.82, 2.24) is 0 Å². The van der Waals surface area contributed by atoms with Crippen LogP contribution in [0.25, 0.3) is 0 Å². The number of carbonyl (C=O) groups excluding carboxylic acids is 2. The van der Waals surface area contributed by atoms with E-state index in [1.807, 2.05) is 0 Å². The van der Waals surface area contributed by atoms with Crippen LogP contribution in [0.4, 0.5) is 0 Å². The van der Waals surface area contributed by atoms with Crippen LogP contribution in [0.1, 0.15) is 174 Å². The van der Waals surface area contributed by atoms with Crippen molar-refractivity contribution in [2.24, 2.45) is 0 Å². The summed E-state index contributed by atoms with van der Waals surface area (Å²) in [5, 5.41) is 21.8. The molecule has 1 saturated carbocycles. The van der Waals surface area contributed by atoms with E-state index in [1.54, 1.807) is 0 Å². The first-order valence-electron chi connectivity index (χ1n) is 23.2. The molecule has 4 unspecified atom stereocenters. The Hall–Kier alpha value is -0.350. The highest BCUT2D eigenvalue weighted by Gasteiger charge is 2.59. The SMILES string of the molecule is CCCCCCCCCCCCCCCC(=O)O[C@H](COC(=O)CCCCCCCCCCCCCS)COP(=O)(O)OC1C(O)[C@@H](OP(=O)(O)O)C(OP(=O)(O)O)[C@@H](OP(=O)(O)O)[C@H]1O. The molecule has 1 rings (SSSR count). The van der Waals surface area contributed by atoms with E-state index in [0.29, 0.717) is 12.8 Å². The summed E-state index contributed by atoms with van der Waals surface area (Å²) in [6.07, 6.45) is 7.39. The topological polar surface area (TPSA) is 349 Å². The number of aliphatic hydroxyl groups excluding tert-OH is 2. The molecule has 1 fully saturated rings. The maximum Gasteiger partial charge on any atom is 0.472 e. The molecule has 1 aliphatic carbocycles. The van der Waals surface area contributed by atoms with Crippen LogP contribution in [0.2, 0.25) is 0 Å². The Labute approximate surface area is 394 Å². The van der Waals surface area contributed by atoms with Crippen LogP contribution in [0.5, 0.6) is 0 Å². The standard InChI is InChI=1S/C39H78O22P4S/c1-2-3-4-5-6-7-8-9-11-15-18-21-24-27-33(41)57-31(29-55-32(40)26-23-20-17-14-12-10-13-16-19-22-25-28-66)30-56-65(53,54)61-36-34(42)37(58-62(44,45)46)39(60-64(50,51)52)38(35(36)43)59-63(47,48)49/h31,34-39,42-43,66H,2-30H2,1H3,(H,53,54)(H2,44,45,46)(H2,47,48,49)(H2,50,51,52)/t31-,34+,35?,36?,37+,38-,39?/m1/s1. The minimum atomic E-state index is -5.78. The highest BCUT2D eigenvalue weighted by molar-refractivity contribution is 7.80. The van der Waals surface area contributed by atoms with Gasteiger partial charge in [-0.3, -0.25) is 32.2 Å². The van der Waals surface area contributed by atoms with Crippen LogP contribution in [0.3, 0.4) is 0 Å². The van der Waals surface area contributed by atoms with Gasteiger partial charge in [-0.1, -0.05) is 142 Å². The minimum absolute atomic E-state index is 0.0348. The van der Waals surface area contributed by atoms with Crippen molar-refractivity contribution >= 4 is 55.9 Å². The van der Waals surface area contributed by atoms with Crippen molar-refractivity contribution in [3.63, 3.8) is 0 Å². The molecule has 8 atom stereocenters. The van der Waals surface area contributed by atoms with Crippen molar-refractivity contribution in [2.45, 2.75) is 217 Å². The van der Waals surface area contributed by atoms with Gasteiger partial charge >= 0.3 is 43.2 Å². The quantitative estimate of drug-likeness (QED) is 0.0125. The Morgan fingerprint density at radius 2 is 0.818 bits per heavy atom. The molecule has 66 heavy (non-hydrogen) atoms. The number of phosphoric acid groups is 4. The zero-order valence-corrected chi connectivity index (χ0v) is 42.6. The third-order valence-corrected chi connectivity index (χ3v) is 13.6. The van der Waals surface area contributed by atoms with Crippen molar-refractivity contribution < 1.29 is 104 Å². The van der Waals surface area contributed by atoms with Crippen molar-refractivity contribution in [3.8, 4) is 0 Å². The summed E-state index contributed by atoms with van der Waals surface area (Å²) in [7, 11) is -23.0. The van der Waals surface area contributed by atoms with E-state index in [-0.39, 0.29) is 12.8 Å². The number of hydrogen-bond acceptors (Lipinski definition) is 16. The monoisotopic (exact) mass is 1050 g/mol. The number of phosphoric ester groups is 4. The van der Waals surface area contributed by atoms with E-state index in [9.17, 15) is 72.3 Å². The molecule has 392 valence electrons. The molecule has 27 heteroatoms. The molecule has 0 spiro atoms. The van der Waals surface area contributed by atoms with Gasteiger partial charge < -0.3 is 53.9 Å². The molecule has 0 radical (unpaired) electrons. The molecule has 0 saturated heterocycles. The maximum atomic E-state index is 13.2. The number of aliphatic hydroxyl groups is 2. The van der Waals surface area contributed by atoms with Crippen LogP contribution >= 0.6 is 43.9 Å². The van der Waals surface area contributed by atoms with Gasteiger partial charge in [0.05, 0.1) is 6.61 Å². The molecule has 0 amide bonds.